The van der Waals surface area contributed by atoms with Crippen molar-refractivity contribution in [3.63, 3.8) is 0 Å². The molecular formula is C32H60N4S4. The Morgan fingerprint density at radius 2 is 1.18 bits per heavy atom. The van der Waals surface area contributed by atoms with Crippen LogP contribution in [0.4, 0.5) is 0 Å². The first-order valence-electron chi connectivity index (χ1n) is 14.8. The van der Waals surface area contributed by atoms with Gasteiger partial charge in [-0.05, 0) is 35.4 Å². The minimum absolute atomic E-state index is 0.584. The van der Waals surface area contributed by atoms with Crippen molar-refractivity contribution in [3.05, 3.63) is 66.9 Å². The summed E-state index contributed by atoms with van der Waals surface area (Å²) >= 11 is 6.68. The molecule has 0 aliphatic heterocycles. The average Bonchev–Trinajstić information content (AvgIpc) is 3.81. The van der Waals surface area contributed by atoms with Gasteiger partial charge in [-0.25, -0.2) is 14.3 Å². The molecule has 8 heteroatoms. The van der Waals surface area contributed by atoms with E-state index >= 15 is 0 Å². The molecule has 0 radical (unpaired) electrons. The summed E-state index contributed by atoms with van der Waals surface area (Å²) in [7, 11) is 0. The summed E-state index contributed by atoms with van der Waals surface area (Å²) in [4.78, 5) is 15.0. The van der Waals surface area contributed by atoms with E-state index in [2.05, 4.69) is 86.2 Å². The van der Waals surface area contributed by atoms with Gasteiger partial charge in [0.1, 0.15) is 0 Å². The van der Waals surface area contributed by atoms with Crippen molar-refractivity contribution in [1.29, 1.82) is 0 Å². The van der Waals surface area contributed by atoms with Gasteiger partial charge in [-0.15, -0.1) is 34.0 Å². The highest BCUT2D eigenvalue weighted by molar-refractivity contribution is 7.10. The second-order valence-corrected chi connectivity index (χ2v) is 11.6. The SMILES string of the molecule is CC.CC.CC.CC.CC(C)c1ccns1.CC(C)c1cncs1.CC(C)c1cscn1.CC(C)c1nccs1. The van der Waals surface area contributed by atoms with E-state index in [9.17, 15) is 0 Å². The Morgan fingerprint density at radius 3 is 1.38 bits per heavy atom. The van der Waals surface area contributed by atoms with Gasteiger partial charge in [0.15, 0.2) is 0 Å². The zero-order chi connectivity index (χ0) is 31.9. The lowest BCUT2D eigenvalue weighted by Crippen LogP contribution is -1.83. The van der Waals surface area contributed by atoms with Crippen LogP contribution in [0.2, 0.25) is 0 Å². The molecule has 0 atom stereocenters. The van der Waals surface area contributed by atoms with Crippen LogP contribution in [0.25, 0.3) is 0 Å². The Morgan fingerprint density at radius 1 is 0.600 bits per heavy atom. The zero-order valence-corrected chi connectivity index (χ0v) is 31.6. The van der Waals surface area contributed by atoms with E-state index in [1.165, 1.54) is 20.5 Å². The minimum Gasteiger partial charge on any atom is -0.253 e. The van der Waals surface area contributed by atoms with Crippen LogP contribution in [-0.2, 0) is 0 Å². The first kappa shape index (κ1) is 45.5. The van der Waals surface area contributed by atoms with Crippen molar-refractivity contribution in [1.82, 2.24) is 19.3 Å². The largest absolute Gasteiger partial charge is 0.253 e. The molecule has 4 nitrogen and oxygen atoms in total. The predicted molar refractivity (Wildman–Crippen MR) is 190 cm³/mol. The highest BCUT2D eigenvalue weighted by atomic mass is 32.1. The molecule has 0 aliphatic rings. The lowest BCUT2D eigenvalue weighted by atomic mass is 10.2. The highest BCUT2D eigenvalue weighted by Gasteiger charge is 1.99. The first-order chi connectivity index (χ1) is 19.2. The molecule has 0 fully saturated rings. The molecule has 0 amide bonds. The normalized spacial score (nSPS) is 8.90. The third kappa shape index (κ3) is 25.5. The Balaban J connectivity index is -0.000000199. The number of thiazole rings is 3. The van der Waals surface area contributed by atoms with Crippen LogP contribution in [0.3, 0.4) is 0 Å². The van der Waals surface area contributed by atoms with Gasteiger partial charge in [0.2, 0.25) is 0 Å². The maximum atomic E-state index is 4.13. The molecule has 0 saturated carbocycles. The quantitative estimate of drug-likeness (QED) is 0.226. The molecule has 4 aromatic heterocycles. The number of hydrogen-bond acceptors (Lipinski definition) is 8. The molecule has 40 heavy (non-hydrogen) atoms. The Bertz CT molecular complexity index is 730. The molecule has 4 heterocycles. The second kappa shape index (κ2) is 33.7. The fourth-order valence-corrected chi connectivity index (χ4v) is 4.65. The summed E-state index contributed by atoms with van der Waals surface area (Å²) in [5.41, 5.74) is 4.94. The summed E-state index contributed by atoms with van der Waals surface area (Å²) in [5.74, 6) is 2.46. The maximum Gasteiger partial charge on any atom is 0.0950 e. The molecular weight excluding hydrogens is 569 g/mol. The Labute approximate surface area is 265 Å². The van der Waals surface area contributed by atoms with Crippen molar-refractivity contribution < 1.29 is 0 Å². The Hall–Kier alpha value is -1.48. The zero-order valence-electron chi connectivity index (χ0n) is 28.4. The van der Waals surface area contributed by atoms with Gasteiger partial charge < -0.3 is 0 Å². The number of rotatable bonds is 4. The first-order valence-corrected chi connectivity index (χ1v) is 18.3. The molecule has 0 aromatic carbocycles. The van der Waals surface area contributed by atoms with Crippen LogP contribution < -0.4 is 0 Å². The van der Waals surface area contributed by atoms with Gasteiger partial charge in [0, 0.05) is 45.0 Å². The third-order valence-electron chi connectivity index (χ3n) is 4.04. The summed E-state index contributed by atoms with van der Waals surface area (Å²) < 4.78 is 3.99. The van der Waals surface area contributed by atoms with Gasteiger partial charge in [-0.3, -0.25) is 4.98 Å². The predicted octanol–water partition coefficient (Wildman–Crippen LogP) is 13.2. The molecule has 0 N–H and O–H groups in total. The van der Waals surface area contributed by atoms with Crippen LogP contribution in [0.15, 0.2) is 46.4 Å². The molecule has 232 valence electrons. The van der Waals surface area contributed by atoms with Crippen LogP contribution in [0, 0.1) is 0 Å². The van der Waals surface area contributed by atoms with Crippen molar-refractivity contribution in [2.24, 2.45) is 0 Å². The van der Waals surface area contributed by atoms with Crippen LogP contribution in [0.1, 0.15) is 155 Å². The monoisotopic (exact) mass is 628 g/mol. The van der Waals surface area contributed by atoms with Crippen LogP contribution in [0.5, 0.6) is 0 Å². The lowest BCUT2D eigenvalue weighted by Gasteiger charge is -1.94. The van der Waals surface area contributed by atoms with E-state index in [1.807, 2.05) is 90.4 Å². The fraction of sp³-hybridized carbons (Fsp3) is 0.625. The summed E-state index contributed by atoms with van der Waals surface area (Å²) in [5, 5.41) is 5.32. The van der Waals surface area contributed by atoms with Crippen molar-refractivity contribution in [2.45, 2.75) is 134 Å². The topological polar surface area (TPSA) is 51.6 Å². The summed E-state index contributed by atoms with van der Waals surface area (Å²) in [6.07, 6.45) is 5.62. The molecule has 0 unspecified atom stereocenters. The van der Waals surface area contributed by atoms with E-state index in [-0.39, 0.29) is 0 Å². The summed E-state index contributed by atoms with van der Waals surface area (Å²) in [6.45, 7) is 33.3. The van der Waals surface area contributed by atoms with Crippen molar-refractivity contribution in [3.8, 4) is 0 Å². The number of hydrogen-bond donors (Lipinski definition) is 0. The van der Waals surface area contributed by atoms with Gasteiger partial charge in [0.05, 0.1) is 21.7 Å². The minimum atomic E-state index is 0.584. The van der Waals surface area contributed by atoms with Crippen LogP contribution in [-0.4, -0.2) is 19.3 Å². The Kier molecular flexibility index (Phi) is 38.4. The lowest BCUT2D eigenvalue weighted by molar-refractivity contribution is 0.833. The van der Waals surface area contributed by atoms with Crippen molar-refractivity contribution >= 4 is 45.5 Å². The van der Waals surface area contributed by atoms with Gasteiger partial charge >= 0.3 is 0 Å². The fourth-order valence-electron chi connectivity index (χ4n) is 2.06. The summed E-state index contributed by atoms with van der Waals surface area (Å²) in [6, 6.07) is 2.06. The molecule has 0 saturated heterocycles. The number of nitrogens with zero attached hydrogens (tertiary/aromatic N) is 4. The maximum absolute atomic E-state index is 4.13. The number of aromatic nitrogens is 4. The molecule has 0 spiro atoms. The second-order valence-electron chi connectivity index (χ2n) is 8.22. The van der Waals surface area contributed by atoms with E-state index < -0.39 is 0 Å². The smallest absolute Gasteiger partial charge is 0.0950 e. The van der Waals surface area contributed by atoms with Crippen molar-refractivity contribution in [2.75, 3.05) is 0 Å². The van der Waals surface area contributed by atoms with E-state index in [0.717, 1.165) is 0 Å². The van der Waals surface area contributed by atoms with Crippen LogP contribution >= 0.6 is 45.5 Å². The van der Waals surface area contributed by atoms with Gasteiger partial charge in [-0.1, -0.05) is 111 Å². The van der Waals surface area contributed by atoms with E-state index in [0.29, 0.717) is 23.7 Å². The standard InChI is InChI=1S/4C6H9NS.4C2H6/c1-5(2)6-3-8-4-7-6;1-5(2)6-3-7-4-8-6;1-5(2)6-7-3-4-8-6;1-5(2)6-3-4-7-8-6;4*1-2/h4*3-5H,1-2H3;4*1-2H3. The molecule has 0 aliphatic carbocycles. The highest BCUT2D eigenvalue weighted by Crippen LogP contribution is 2.17. The van der Waals surface area contributed by atoms with E-state index in [1.54, 1.807) is 45.5 Å². The third-order valence-corrected chi connectivity index (χ3v) is 7.84. The molecule has 4 rings (SSSR count). The molecule has 4 aromatic rings. The molecule has 0 bridgehead atoms. The average molecular weight is 629 g/mol. The van der Waals surface area contributed by atoms with E-state index in [4.69, 9.17) is 0 Å². The van der Waals surface area contributed by atoms with Gasteiger partial charge in [0.25, 0.3) is 0 Å². The van der Waals surface area contributed by atoms with Gasteiger partial charge in [-0.2, -0.15) is 0 Å².